The van der Waals surface area contributed by atoms with Crippen LogP contribution in [0.15, 0.2) is 40.4 Å². The van der Waals surface area contributed by atoms with Gasteiger partial charge in [-0.3, -0.25) is 9.79 Å². The Kier molecular flexibility index (Phi) is 4.91. The summed E-state index contributed by atoms with van der Waals surface area (Å²) in [6.07, 6.45) is 1.47. The van der Waals surface area contributed by atoms with Crippen LogP contribution in [0.3, 0.4) is 0 Å². The minimum absolute atomic E-state index is 0.0358. The number of likely N-dealkylation sites (tertiary alicyclic amines) is 1. The third kappa shape index (κ3) is 3.33. The second-order valence-corrected chi connectivity index (χ2v) is 7.75. The van der Waals surface area contributed by atoms with Gasteiger partial charge in [0.2, 0.25) is 5.91 Å². The summed E-state index contributed by atoms with van der Waals surface area (Å²) in [6.45, 7) is 3.13. The molecule has 0 spiro atoms. The van der Waals surface area contributed by atoms with Crippen LogP contribution in [0.2, 0.25) is 0 Å². The van der Waals surface area contributed by atoms with Gasteiger partial charge in [0.15, 0.2) is 5.17 Å². The normalized spacial score (nSPS) is 25.0. The molecule has 1 saturated heterocycles. The van der Waals surface area contributed by atoms with Crippen molar-refractivity contribution in [3.63, 3.8) is 0 Å². The Morgan fingerprint density at radius 3 is 2.92 bits per heavy atom. The Bertz CT molecular complexity index is 746. The molecular weight excluding hydrogens is 348 g/mol. The average Bonchev–Trinajstić information content (AvgIpc) is 3.26. The van der Waals surface area contributed by atoms with E-state index in [2.05, 4.69) is 15.3 Å². The lowest BCUT2D eigenvalue weighted by molar-refractivity contribution is -0.129. The Labute approximate surface area is 158 Å². The van der Waals surface area contributed by atoms with Crippen molar-refractivity contribution >= 4 is 22.8 Å². The van der Waals surface area contributed by atoms with Gasteiger partial charge in [0.1, 0.15) is 5.75 Å². The van der Waals surface area contributed by atoms with Crippen molar-refractivity contribution < 1.29 is 9.53 Å². The minimum Gasteiger partial charge on any atom is -0.497 e. The van der Waals surface area contributed by atoms with Crippen molar-refractivity contribution in [1.29, 1.82) is 0 Å². The summed E-state index contributed by atoms with van der Waals surface area (Å²) in [4.78, 5) is 21.4. The Hall–Kier alpha value is -1.99. The number of thioether (sulfide) groups is 1. The SMILES string of the molecule is COc1ccc([C@@H]2CN(C(=O)CC3=CSC4=NCCCN34)C[C@H]2N)cc1. The molecule has 0 radical (unpaired) electrons. The van der Waals surface area contributed by atoms with Crippen LogP contribution in [-0.4, -0.2) is 60.2 Å². The summed E-state index contributed by atoms with van der Waals surface area (Å²) in [5.41, 5.74) is 8.58. The number of fused-ring (bicyclic) bond motifs is 1. The number of hydrogen-bond acceptors (Lipinski definition) is 6. The molecule has 6 nitrogen and oxygen atoms in total. The maximum absolute atomic E-state index is 12.8. The van der Waals surface area contributed by atoms with E-state index in [1.807, 2.05) is 29.2 Å². The van der Waals surface area contributed by atoms with Crippen LogP contribution in [0.25, 0.3) is 0 Å². The van der Waals surface area contributed by atoms with Gasteiger partial charge < -0.3 is 20.3 Å². The first-order chi connectivity index (χ1) is 12.7. The quantitative estimate of drug-likeness (QED) is 0.875. The molecule has 1 amide bonds. The molecule has 138 valence electrons. The van der Waals surface area contributed by atoms with E-state index in [1.54, 1.807) is 18.9 Å². The average molecular weight is 372 g/mol. The van der Waals surface area contributed by atoms with E-state index in [4.69, 9.17) is 10.5 Å². The highest BCUT2D eigenvalue weighted by Crippen LogP contribution is 2.33. The summed E-state index contributed by atoms with van der Waals surface area (Å²) in [7, 11) is 1.66. The van der Waals surface area contributed by atoms with E-state index in [1.165, 1.54) is 0 Å². The van der Waals surface area contributed by atoms with Crippen LogP contribution in [-0.2, 0) is 4.79 Å². The van der Waals surface area contributed by atoms with E-state index in [9.17, 15) is 4.79 Å². The highest BCUT2D eigenvalue weighted by Gasteiger charge is 2.35. The molecule has 3 aliphatic rings. The molecule has 2 atom stereocenters. The highest BCUT2D eigenvalue weighted by molar-refractivity contribution is 8.16. The molecule has 3 aliphatic heterocycles. The van der Waals surface area contributed by atoms with E-state index in [0.29, 0.717) is 19.5 Å². The molecular formula is C19H24N4O2S. The van der Waals surface area contributed by atoms with Gasteiger partial charge in [-0.05, 0) is 29.5 Å². The van der Waals surface area contributed by atoms with Gasteiger partial charge in [-0.15, -0.1) is 0 Å². The van der Waals surface area contributed by atoms with Gasteiger partial charge in [0.05, 0.1) is 13.5 Å². The molecule has 7 heteroatoms. The number of nitrogens with zero attached hydrogens (tertiary/aromatic N) is 3. The van der Waals surface area contributed by atoms with Gasteiger partial charge in [-0.2, -0.15) is 0 Å². The minimum atomic E-state index is -0.0358. The van der Waals surface area contributed by atoms with Crippen LogP contribution in [0.1, 0.15) is 24.3 Å². The zero-order valence-corrected chi connectivity index (χ0v) is 15.7. The van der Waals surface area contributed by atoms with E-state index in [-0.39, 0.29) is 17.9 Å². The number of nitrogens with two attached hydrogens (primary N) is 1. The maximum atomic E-state index is 12.8. The van der Waals surface area contributed by atoms with E-state index in [0.717, 1.165) is 41.7 Å². The zero-order valence-electron chi connectivity index (χ0n) is 14.9. The van der Waals surface area contributed by atoms with Gasteiger partial charge in [0.25, 0.3) is 0 Å². The summed E-state index contributed by atoms with van der Waals surface area (Å²) < 4.78 is 5.22. The predicted molar refractivity (Wildman–Crippen MR) is 104 cm³/mol. The molecule has 4 rings (SSSR count). The summed E-state index contributed by atoms with van der Waals surface area (Å²) >= 11 is 1.63. The number of hydrogen-bond donors (Lipinski definition) is 1. The lowest BCUT2D eigenvalue weighted by atomic mass is 9.95. The second kappa shape index (κ2) is 7.32. The molecule has 1 aromatic rings. The number of carbonyl (C=O) groups excluding carboxylic acids is 1. The molecule has 0 unspecified atom stereocenters. The van der Waals surface area contributed by atoms with Crippen LogP contribution in [0, 0.1) is 0 Å². The molecule has 0 aromatic heterocycles. The predicted octanol–water partition coefficient (Wildman–Crippen LogP) is 1.99. The van der Waals surface area contributed by atoms with Crippen molar-refractivity contribution in [3.8, 4) is 5.75 Å². The first-order valence-corrected chi connectivity index (χ1v) is 9.88. The third-order valence-electron chi connectivity index (χ3n) is 5.26. The number of ether oxygens (including phenoxy) is 1. The van der Waals surface area contributed by atoms with E-state index < -0.39 is 0 Å². The second-order valence-electron chi connectivity index (χ2n) is 6.92. The first kappa shape index (κ1) is 17.4. The monoisotopic (exact) mass is 372 g/mol. The molecule has 1 aromatic carbocycles. The smallest absolute Gasteiger partial charge is 0.228 e. The van der Waals surface area contributed by atoms with Crippen LogP contribution in [0.5, 0.6) is 5.75 Å². The molecule has 2 N–H and O–H groups in total. The van der Waals surface area contributed by atoms with Gasteiger partial charge in [0, 0.05) is 43.8 Å². The number of carbonyl (C=O) groups is 1. The van der Waals surface area contributed by atoms with Crippen molar-refractivity contribution in [2.75, 3.05) is 33.3 Å². The first-order valence-electron chi connectivity index (χ1n) is 9.00. The summed E-state index contributed by atoms with van der Waals surface area (Å²) in [5, 5.41) is 3.10. The fourth-order valence-corrected chi connectivity index (χ4v) is 4.73. The number of aliphatic imine (C=N–C) groups is 1. The van der Waals surface area contributed by atoms with Crippen molar-refractivity contribution in [3.05, 3.63) is 40.9 Å². The number of rotatable bonds is 4. The van der Waals surface area contributed by atoms with Crippen molar-refractivity contribution in [1.82, 2.24) is 9.80 Å². The Morgan fingerprint density at radius 1 is 1.35 bits per heavy atom. The fourth-order valence-electron chi connectivity index (χ4n) is 3.78. The highest BCUT2D eigenvalue weighted by atomic mass is 32.2. The van der Waals surface area contributed by atoms with Crippen LogP contribution in [0.4, 0.5) is 0 Å². The van der Waals surface area contributed by atoms with Gasteiger partial charge >= 0.3 is 0 Å². The standard InChI is InChI=1S/C19H24N4O2S/c1-25-15-5-3-13(4-6-15)16-10-22(11-17(16)20)18(24)9-14-12-26-19-21-7-2-8-23(14)19/h3-6,12,16-17H,2,7-11,20H2,1H3/t16-,17+/m0/s1. The molecule has 0 saturated carbocycles. The Balaban J connectivity index is 1.40. The van der Waals surface area contributed by atoms with Crippen molar-refractivity contribution in [2.45, 2.75) is 24.8 Å². The largest absolute Gasteiger partial charge is 0.497 e. The third-order valence-corrected chi connectivity index (χ3v) is 6.21. The summed E-state index contributed by atoms with van der Waals surface area (Å²) in [5.74, 6) is 1.15. The number of amides is 1. The molecule has 0 aliphatic carbocycles. The number of benzene rings is 1. The fraction of sp³-hybridized carbons (Fsp3) is 0.474. The topological polar surface area (TPSA) is 71.2 Å². The Morgan fingerprint density at radius 2 is 2.15 bits per heavy atom. The van der Waals surface area contributed by atoms with Gasteiger partial charge in [-0.1, -0.05) is 23.9 Å². The molecule has 0 bridgehead atoms. The lowest BCUT2D eigenvalue weighted by Crippen LogP contribution is -2.35. The van der Waals surface area contributed by atoms with Gasteiger partial charge in [-0.25, -0.2) is 0 Å². The summed E-state index contributed by atoms with van der Waals surface area (Å²) in [6, 6.07) is 7.95. The maximum Gasteiger partial charge on any atom is 0.228 e. The lowest BCUT2D eigenvalue weighted by Gasteiger charge is -2.26. The number of amidine groups is 1. The van der Waals surface area contributed by atoms with Crippen LogP contribution < -0.4 is 10.5 Å². The number of methoxy groups -OCH3 is 1. The zero-order chi connectivity index (χ0) is 18.1. The molecule has 1 fully saturated rings. The molecule has 26 heavy (non-hydrogen) atoms. The van der Waals surface area contributed by atoms with Crippen molar-refractivity contribution in [2.24, 2.45) is 10.7 Å². The molecule has 3 heterocycles. The van der Waals surface area contributed by atoms with E-state index >= 15 is 0 Å². The van der Waals surface area contributed by atoms with Crippen LogP contribution >= 0.6 is 11.8 Å².